The van der Waals surface area contributed by atoms with Gasteiger partial charge in [-0.15, -0.1) is 0 Å². The van der Waals surface area contributed by atoms with E-state index in [4.69, 9.17) is 4.74 Å². The Balaban J connectivity index is 1.47. The molecule has 0 aliphatic heterocycles. The van der Waals surface area contributed by atoms with Crippen molar-refractivity contribution in [1.82, 2.24) is 9.13 Å². The molecule has 4 rings (SSSR count). The SMILES string of the molecule is CCn1c(CCCc2ccc(OC)cc2)cn(Cc2ccc3ccccc3c2)c1=O. The van der Waals surface area contributed by atoms with Crippen LogP contribution in [0.15, 0.2) is 77.7 Å². The van der Waals surface area contributed by atoms with Crippen molar-refractivity contribution in [3.63, 3.8) is 0 Å². The molecule has 1 heterocycles. The van der Waals surface area contributed by atoms with E-state index in [1.807, 2.05) is 46.5 Å². The number of aryl methyl sites for hydroxylation is 2. The molecule has 0 fully saturated rings. The van der Waals surface area contributed by atoms with Gasteiger partial charge < -0.3 is 4.74 Å². The number of nitrogens with zero attached hydrogens (tertiary/aromatic N) is 2. The maximum Gasteiger partial charge on any atom is 0.328 e. The molecule has 0 amide bonds. The Morgan fingerprint density at radius 3 is 2.33 bits per heavy atom. The largest absolute Gasteiger partial charge is 0.497 e. The van der Waals surface area contributed by atoms with Crippen LogP contribution < -0.4 is 10.4 Å². The van der Waals surface area contributed by atoms with E-state index in [0.29, 0.717) is 13.1 Å². The lowest BCUT2D eigenvalue weighted by atomic mass is 10.1. The van der Waals surface area contributed by atoms with Gasteiger partial charge in [0.2, 0.25) is 0 Å². The Labute approximate surface area is 177 Å². The van der Waals surface area contributed by atoms with E-state index in [9.17, 15) is 4.79 Å². The highest BCUT2D eigenvalue weighted by molar-refractivity contribution is 5.82. The molecule has 4 aromatic rings. The smallest absolute Gasteiger partial charge is 0.328 e. The molecule has 0 bridgehead atoms. The molecule has 0 radical (unpaired) electrons. The maximum absolute atomic E-state index is 12.9. The molecule has 4 heteroatoms. The molecule has 0 N–H and O–H groups in total. The summed E-state index contributed by atoms with van der Waals surface area (Å²) in [7, 11) is 1.68. The minimum atomic E-state index is 0.0742. The fourth-order valence-corrected chi connectivity index (χ4v) is 4.03. The van der Waals surface area contributed by atoms with Crippen LogP contribution in [0.5, 0.6) is 5.75 Å². The topological polar surface area (TPSA) is 36.2 Å². The van der Waals surface area contributed by atoms with Crippen LogP contribution in [0.1, 0.15) is 30.2 Å². The van der Waals surface area contributed by atoms with Crippen molar-refractivity contribution in [2.24, 2.45) is 0 Å². The molecule has 0 unspecified atom stereocenters. The standard InChI is InChI=1S/C26H28N2O2/c1-3-28-24(10-6-7-20-12-15-25(30-2)16-13-20)19-27(26(28)29)18-21-11-14-22-8-4-5-9-23(22)17-21/h4-5,8-9,11-17,19H,3,6-7,10,18H2,1-2H3. The number of ether oxygens (including phenoxy) is 1. The first-order chi connectivity index (χ1) is 14.7. The van der Waals surface area contributed by atoms with Gasteiger partial charge in [-0.05, 0) is 66.3 Å². The molecule has 30 heavy (non-hydrogen) atoms. The first kappa shape index (κ1) is 20.0. The van der Waals surface area contributed by atoms with Gasteiger partial charge in [0.15, 0.2) is 0 Å². The predicted molar refractivity (Wildman–Crippen MR) is 122 cm³/mol. The Bertz CT molecular complexity index is 1190. The Kier molecular flexibility index (Phi) is 6.03. The van der Waals surface area contributed by atoms with Crippen LogP contribution in [-0.2, 0) is 25.9 Å². The van der Waals surface area contributed by atoms with Crippen molar-refractivity contribution in [3.05, 3.63) is 100 Å². The Morgan fingerprint density at radius 2 is 1.60 bits per heavy atom. The summed E-state index contributed by atoms with van der Waals surface area (Å²) in [5.41, 5.74) is 3.62. The number of rotatable bonds is 8. The number of benzene rings is 3. The summed E-state index contributed by atoms with van der Waals surface area (Å²) in [5.74, 6) is 0.879. The molecule has 0 saturated carbocycles. The zero-order valence-electron chi connectivity index (χ0n) is 17.7. The van der Waals surface area contributed by atoms with Crippen LogP contribution in [0, 0.1) is 0 Å². The van der Waals surface area contributed by atoms with Gasteiger partial charge in [-0.3, -0.25) is 9.13 Å². The molecule has 0 aliphatic carbocycles. The second-order valence-electron chi connectivity index (χ2n) is 7.66. The maximum atomic E-state index is 12.9. The lowest BCUT2D eigenvalue weighted by molar-refractivity contribution is 0.414. The molecule has 3 aromatic carbocycles. The number of methoxy groups -OCH3 is 1. The molecular formula is C26H28N2O2. The summed E-state index contributed by atoms with van der Waals surface area (Å²) >= 11 is 0. The monoisotopic (exact) mass is 400 g/mol. The Morgan fingerprint density at radius 1 is 0.867 bits per heavy atom. The van der Waals surface area contributed by atoms with Crippen molar-refractivity contribution < 1.29 is 4.74 Å². The molecular weight excluding hydrogens is 372 g/mol. The van der Waals surface area contributed by atoms with Crippen molar-refractivity contribution >= 4 is 10.8 Å². The first-order valence-electron chi connectivity index (χ1n) is 10.6. The number of hydrogen-bond donors (Lipinski definition) is 0. The highest BCUT2D eigenvalue weighted by atomic mass is 16.5. The van der Waals surface area contributed by atoms with E-state index < -0.39 is 0 Å². The van der Waals surface area contributed by atoms with Crippen molar-refractivity contribution in [3.8, 4) is 5.75 Å². The van der Waals surface area contributed by atoms with Crippen LogP contribution in [0.3, 0.4) is 0 Å². The minimum absolute atomic E-state index is 0.0742. The number of fused-ring (bicyclic) bond motifs is 1. The van der Waals surface area contributed by atoms with Gasteiger partial charge in [0.05, 0.1) is 13.7 Å². The number of aromatic nitrogens is 2. The van der Waals surface area contributed by atoms with Gasteiger partial charge in [-0.2, -0.15) is 0 Å². The Hall–Kier alpha value is -3.27. The van der Waals surface area contributed by atoms with Gasteiger partial charge >= 0.3 is 5.69 Å². The van der Waals surface area contributed by atoms with E-state index in [1.54, 1.807) is 7.11 Å². The highest BCUT2D eigenvalue weighted by Crippen LogP contribution is 2.17. The van der Waals surface area contributed by atoms with Gasteiger partial charge in [0.1, 0.15) is 5.75 Å². The van der Waals surface area contributed by atoms with Crippen LogP contribution in [0.4, 0.5) is 0 Å². The molecule has 0 spiro atoms. The third-order valence-electron chi connectivity index (χ3n) is 5.67. The summed E-state index contributed by atoms with van der Waals surface area (Å²) in [5, 5.41) is 2.43. The number of imidazole rings is 1. The molecule has 154 valence electrons. The summed E-state index contributed by atoms with van der Waals surface area (Å²) in [6.07, 6.45) is 4.92. The second kappa shape index (κ2) is 9.04. The highest BCUT2D eigenvalue weighted by Gasteiger charge is 2.11. The van der Waals surface area contributed by atoms with Crippen molar-refractivity contribution in [2.75, 3.05) is 7.11 Å². The molecule has 0 saturated heterocycles. The zero-order valence-corrected chi connectivity index (χ0v) is 17.7. The van der Waals surface area contributed by atoms with Crippen LogP contribution in [-0.4, -0.2) is 16.2 Å². The van der Waals surface area contributed by atoms with Crippen molar-refractivity contribution in [2.45, 2.75) is 39.3 Å². The first-order valence-corrected chi connectivity index (χ1v) is 10.6. The van der Waals surface area contributed by atoms with E-state index in [0.717, 1.165) is 36.3 Å². The van der Waals surface area contributed by atoms with Gasteiger partial charge in [-0.1, -0.05) is 48.5 Å². The molecule has 0 atom stereocenters. The number of hydrogen-bond acceptors (Lipinski definition) is 2. The average molecular weight is 401 g/mol. The quantitative estimate of drug-likeness (QED) is 0.415. The summed E-state index contributed by atoms with van der Waals surface area (Å²) in [6, 6.07) is 22.9. The minimum Gasteiger partial charge on any atom is -0.497 e. The lowest BCUT2D eigenvalue weighted by Crippen LogP contribution is -2.24. The third-order valence-corrected chi connectivity index (χ3v) is 5.67. The zero-order chi connectivity index (χ0) is 20.9. The summed E-state index contributed by atoms with van der Waals surface area (Å²) < 4.78 is 8.96. The second-order valence-corrected chi connectivity index (χ2v) is 7.66. The van der Waals surface area contributed by atoms with E-state index in [1.165, 1.54) is 16.3 Å². The average Bonchev–Trinajstić information content (AvgIpc) is 3.08. The normalized spacial score (nSPS) is 11.1. The molecule has 1 aromatic heterocycles. The van der Waals surface area contributed by atoms with Crippen molar-refractivity contribution in [1.29, 1.82) is 0 Å². The van der Waals surface area contributed by atoms with E-state index >= 15 is 0 Å². The summed E-state index contributed by atoms with van der Waals surface area (Å²) in [6.45, 7) is 3.33. The third kappa shape index (κ3) is 4.33. The van der Waals surface area contributed by atoms with Crippen LogP contribution >= 0.6 is 0 Å². The lowest BCUT2D eigenvalue weighted by Gasteiger charge is -2.05. The van der Waals surface area contributed by atoms with E-state index in [2.05, 4.69) is 42.5 Å². The van der Waals surface area contributed by atoms with E-state index in [-0.39, 0.29) is 5.69 Å². The predicted octanol–water partition coefficient (Wildman–Crippen LogP) is 5.06. The fourth-order valence-electron chi connectivity index (χ4n) is 4.03. The van der Waals surface area contributed by atoms with Crippen LogP contribution in [0.2, 0.25) is 0 Å². The van der Waals surface area contributed by atoms with Gasteiger partial charge in [0, 0.05) is 18.4 Å². The van der Waals surface area contributed by atoms with Gasteiger partial charge in [0.25, 0.3) is 0 Å². The van der Waals surface area contributed by atoms with Gasteiger partial charge in [-0.25, -0.2) is 4.79 Å². The fraction of sp³-hybridized carbons (Fsp3) is 0.269. The molecule has 4 nitrogen and oxygen atoms in total. The van der Waals surface area contributed by atoms with Crippen LogP contribution in [0.25, 0.3) is 10.8 Å². The molecule has 0 aliphatic rings. The summed E-state index contributed by atoms with van der Waals surface area (Å²) in [4.78, 5) is 12.9.